The quantitative estimate of drug-likeness (QED) is 0.528. The fraction of sp³-hybridized carbons (Fsp3) is 0.167. The van der Waals surface area contributed by atoms with Crippen LogP contribution in [0.5, 0.6) is 0 Å². The summed E-state index contributed by atoms with van der Waals surface area (Å²) < 4.78 is -2.80. The molecule has 0 aliphatic heterocycles. The Labute approximate surface area is 146 Å². The lowest BCUT2D eigenvalue weighted by Gasteiger charge is -2.07. The number of hydrogen-bond acceptors (Lipinski definition) is 2. The number of alkyl halides is 6. The van der Waals surface area contributed by atoms with Gasteiger partial charge in [-0.2, -0.15) is 0 Å². The smallest absolute Gasteiger partial charge is 0.232 e. The molecule has 20 heavy (non-hydrogen) atoms. The third-order valence-electron chi connectivity index (χ3n) is 1.91. The summed E-state index contributed by atoms with van der Waals surface area (Å²) in [4.78, 5) is 7.71. The van der Waals surface area contributed by atoms with Gasteiger partial charge in [-0.1, -0.05) is 81.7 Å². The number of rotatable bonds is 0. The Morgan fingerprint density at radius 2 is 0.950 bits per heavy atom. The maximum Gasteiger partial charge on any atom is 0.232 e. The Bertz CT molecular complexity index is 457. The van der Waals surface area contributed by atoms with Crippen molar-refractivity contribution in [2.75, 3.05) is 0 Å². The topological polar surface area (TPSA) is 25.8 Å². The molecule has 0 saturated heterocycles. The van der Waals surface area contributed by atoms with Crippen LogP contribution in [-0.4, -0.2) is 9.97 Å². The predicted octanol–water partition coefficient (Wildman–Crippen LogP) is 5.82. The standard InChI is InChI=1S/2C6H4Cl3N/c2*7-6(8,9)5-3-1-2-4-10-5/h2*1-4H. The van der Waals surface area contributed by atoms with Gasteiger partial charge in [0.15, 0.2) is 0 Å². The van der Waals surface area contributed by atoms with Crippen LogP contribution in [0.3, 0.4) is 0 Å². The van der Waals surface area contributed by atoms with Crippen LogP contribution in [0.1, 0.15) is 11.4 Å². The van der Waals surface area contributed by atoms with Gasteiger partial charge in [-0.3, -0.25) is 9.97 Å². The van der Waals surface area contributed by atoms with E-state index in [0.29, 0.717) is 11.4 Å². The first-order valence-electron chi connectivity index (χ1n) is 5.17. The minimum atomic E-state index is -1.40. The van der Waals surface area contributed by atoms with Crippen LogP contribution in [0.25, 0.3) is 0 Å². The van der Waals surface area contributed by atoms with Crippen molar-refractivity contribution in [3.63, 3.8) is 0 Å². The maximum absolute atomic E-state index is 5.53. The van der Waals surface area contributed by atoms with Gasteiger partial charge in [-0.15, -0.1) is 0 Å². The molecule has 0 saturated carbocycles. The van der Waals surface area contributed by atoms with Crippen molar-refractivity contribution in [3.8, 4) is 0 Å². The average Bonchev–Trinajstić information content (AvgIpc) is 2.40. The molecule has 0 unspecified atom stereocenters. The minimum absolute atomic E-state index is 0.444. The van der Waals surface area contributed by atoms with E-state index in [2.05, 4.69) is 9.97 Å². The highest BCUT2D eigenvalue weighted by atomic mass is 35.6. The average molecular weight is 393 g/mol. The lowest BCUT2D eigenvalue weighted by atomic mass is 10.4. The van der Waals surface area contributed by atoms with Crippen molar-refractivity contribution in [3.05, 3.63) is 60.2 Å². The predicted molar refractivity (Wildman–Crippen MR) is 86.9 cm³/mol. The molecule has 2 nitrogen and oxygen atoms in total. The molecule has 2 aromatic rings. The van der Waals surface area contributed by atoms with Crippen molar-refractivity contribution >= 4 is 69.6 Å². The molecule has 8 heteroatoms. The summed E-state index contributed by atoms with van der Waals surface area (Å²) in [6.45, 7) is 0. The molecule has 0 aliphatic rings. The van der Waals surface area contributed by atoms with E-state index in [9.17, 15) is 0 Å². The van der Waals surface area contributed by atoms with Crippen LogP contribution in [0.4, 0.5) is 0 Å². The first kappa shape index (κ1) is 18.1. The Hall–Kier alpha value is 0.0400. The highest BCUT2D eigenvalue weighted by Gasteiger charge is 2.23. The number of aromatic nitrogens is 2. The highest BCUT2D eigenvalue weighted by molar-refractivity contribution is 6.67. The van der Waals surface area contributed by atoms with Crippen LogP contribution in [0, 0.1) is 0 Å². The zero-order valence-corrected chi connectivity index (χ0v) is 14.3. The summed E-state index contributed by atoms with van der Waals surface area (Å²) in [6.07, 6.45) is 3.16. The maximum atomic E-state index is 5.53. The molecule has 0 bridgehead atoms. The molecule has 0 spiro atoms. The van der Waals surface area contributed by atoms with Gasteiger partial charge in [0.1, 0.15) is 0 Å². The zero-order chi connectivity index (χ0) is 15.2. The van der Waals surface area contributed by atoms with Crippen LogP contribution in [-0.2, 0) is 7.59 Å². The van der Waals surface area contributed by atoms with Crippen molar-refractivity contribution in [1.29, 1.82) is 0 Å². The summed E-state index contributed by atoms with van der Waals surface area (Å²) >= 11 is 33.2. The molecule has 0 aliphatic carbocycles. The van der Waals surface area contributed by atoms with Gasteiger partial charge in [0.2, 0.25) is 7.59 Å². The zero-order valence-electron chi connectivity index (χ0n) is 9.78. The minimum Gasteiger partial charge on any atom is -0.257 e. The number of nitrogens with zero attached hydrogens (tertiary/aromatic N) is 2. The summed E-state index contributed by atoms with van der Waals surface area (Å²) in [7, 11) is 0. The monoisotopic (exact) mass is 390 g/mol. The normalized spacial score (nSPS) is 11.5. The van der Waals surface area contributed by atoms with E-state index < -0.39 is 7.59 Å². The molecular formula is C12H8Cl6N2. The number of hydrogen-bond donors (Lipinski definition) is 0. The van der Waals surface area contributed by atoms with Crippen LogP contribution in [0.15, 0.2) is 48.8 Å². The van der Waals surface area contributed by atoms with Gasteiger partial charge >= 0.3 is 0 Å². The van der Waals surface area contributed by atoms with Crippen molar-refractivity contribution in [2.45, 2.75) is 7.59 Å². The van der Waals surface area contributed by atoms with E-state index in [0.717, 1.165) is 0 Å². The van der Waals surface area contributed by atoms with E-state index in [1.807, 2.05) is 0 Å². The van der Waals surface area contributed by atoms with Crippen LogP contribution in [0.2, 0.25) is 0 Å². The molecule has 2 heterocycles. The van der Waals surface area contributed by atoms with E-state index in [1.165, 1.54) is 0 Å². The lowest BCUT2D eigenvalue weighted by Crippen LogP contribution is -2.01. The summed E-state index contributed by atoms with van der Waals surface area (Å²) in [5.41, 5.74) is 0.889. The molecule has 108 valence electrons. The molecule has 0 fully saturated rings. The lowest BCUT2D eigenvalue weighted by molar-refractivity contribution is 1.09. The van der Waals surface area contributed by atoms with Gasteiger partial charge in [0, 0.05) is 12.4 Å². The van der Waals surface area contributed by atoms with E-state index in [1.54, 1.807) is 48.8 Å². The molecule has 0 atom stereocenters. The molecule has 0 N–H and O–H groups in total. The Kier molecular flexibility index (Phi) is 7.13. The summed E-state index contributed by atoms with van der Waals surface area (Å²) in [5, 5.41) is 0. The van der Waals surface area contributed by atoms with Gasteiger partial charge in [0.05, 0.1) is 11.4 Å². The van der Waals surface area contributed by atoms with Crippen LogP contribution < -0.4 is 0 Å². The third-order valence-corrected chi connectivity index (χ3v) is 3.07. The second-order valence-electron chi connectivity index (χ2n) is 3.43. The van der Waals surface area contributed by atoms with Crippen molar-refractivity contribution in [2.24, 2.45) is 0 Å². The van der Waals surface area contributed by atoms with Gasteiger partial charge in [-0.25, -0.2) is 0 Å². The van der Waals surface area contributed by atoms with Gasteiger partial charge in [-0.05, 0) is 24.3 Å². The number of halogens is 6. The SMILES string of the molecule is ClC(Cl)(Cl)c1ccccn1.ClC(Cl)(Cl)c1ccccn1. The molecule has 0 radical (unpaired) electrons. The third kappa shape index (κ3) is 6.66. The van der Waals surface area contributed by atoms with Crippen LogP contribution >= 0.6 is 69.6 Å². The van der Waals surface area contributed by atoms with Gasteiger partial charge in [0.25, 0.3) is 0 Å². The molecule has 2 aromatic heterocycles. The molecule has 0 aromatic carbocycles. The first-order valence-corrected chi connectivity index (χ1v) is 7.44. The molecular weight excluding hydrogens is 385 g/mol. The molecule has 0 amide bonds. The fourth-order valence-corrected chi connectivity index (χ4v) is 1.73. The summed E-state index contributed by atoms with van der Waals surface area (Å²) in [6, 6.07) is 10.4. The van der Waals surface area contributed by atoms with Gasteiger partial charge < -0.3 is 0 Å². The van der Waals surface area contributed by atoms with Crippen molar-refractivity contribution in [1.82, 2.24) is 9.97 Å². The second-order valence-corrected chi connectivity index (χ2v) is 7.99. The fourth-order valence-electron chi connectivity index (χ4n) is 1.06. The Morgan fingerprint density at radius 3 is 1.10 bits per heavy atom. The van der Waals surface area contributed by atoms with E-state index in [-0.39, 0.29) is 0 Å². The Morgan fingerprint density at radius 1 is 0.600 bits per heavy atom. The van der Waals surface area contributed by atoms with E-state index in [4.69, 9.17) is 69.6 Å². The first-order chi connectivity index (χ1) is 9.21. The number of pyridine rings is 2. The van der Waals surface area contributed by atoms with E-state index >= 15 is 0 Å². The largest absolute Gasteiger partial charge is 0.257 e. The molecule has 2 rings (SSSR count). The van der Waals surface area contributed by atoms with Crippen molar-refractivity contribution < 1.29 is 0 Å². The highest BCUT2D eigenvalue weighted by Crippen LogP contribution is 2.36. The Balaban J connectivity index is 0.000000200. The summed E-state index contributed by atoms with van der Waals surface area (Å²) in [5.74, 6) is 0. The second kappa shape index (κ2) is 7.88.